The summed E-state index contributed by atoms with van der Waals surface area (Å²) in [5, 5.41) is 20.3. The molecule has 0 aliphatic carbocycles. The van der Waals surface area contributed by atoms with Gasteiger partial charge in [0.2, 0.25) is 0 Å². The number of nitrogens with two attached hydrogens (primary N) is 1. The second-order valence-corrected chi connectivity index (χ2v) is 8.25. The number of nitrogens with zero attached hydrogens (tertiary/aromatic N) is 4. The molecule has 0 amide bonds. The van der Waals surface area contributed by atoms with Crippen molar-refractivity contribution in [2.75, 3.05) is 49.4 Å². The van der Waals surface area contributed by atoms with Crippen LogP contribution in [0.1, 0.15) is 5.56 Å². The fourth-order valence-corrected chi connectivity index (χ4v) is 4.22. The molecule has 35 heavy (non-hydrogen) atoms. The Morgan fingerprint density at radius 2 is 2.20 bits per heavy atom. The topological polar surface area (TPSA) is 134 Å². The molecule has 0 radical (unpaired) electrons. The van der Waals surface area contributed by atoms with E-state index in [9.17, 15) is 5.11 Å². The van der Waals surface area contributed by atoms with Gasteiger partial charge in [-0.25, -0.2) is 9.97 Å². The van der Waals surface area contributed by atoms with Gasteiger partial charge in [-0.1, -0.05) is 12.1 Å². The molecule has 1 atom stereocenters. The van der Waals surface area contributed by atoms with Crippen molar-refractivity contribution in [3.05, 3.63) is 60.6 Å². The number of morpholine rings is 1. The fourth-order valence-electron chi connectivity index (χ4n) is 4.22. The zero-order valence-electron chi connectivity index (χ0n) is 19.3. The van der Waals surface area contributed by atoms with E-state index >= 15 is 0 Å². The lowest BCUT2D eigenvalue weighted by molar-refractivity contribution is 0.00347. The first-order valence-corrected chi connectivity index (χ1v) is 11.3. The van der Waals surface area contributed by atoms with Crippen LogP contribution in [0.25, 0.3) is 16.9 Å². The number of hydrogen-bond acceptors (Lipinski definition) is 9. The zero-order chi connectivity index (χ0) is 24.4. The molecule has 1 fully saturated rings. The van der Waals surface area contributed by atoms with Crippen molar-refractivity contribution in [2.24, 2.45) is 0 Å². The van der Waals surface area contributed by atoms with E-state index in [2.05, 4.69) is 15.2 Å². The normalized spacial score (nSPS) is 15.8. The Hall–Kier alpha value is -4.15. The molecule has 180 valence electrons. The van der Waals surface area contributed by atoms with Crippen molar-refractivity contribution in [1.82, 2.24) is 14.4 Å². The van der Waals surface area contributed by atoms with Crippen LogP contribution < -0.4 is 20.7 Å². The number of aliphatic hydroxyl groups excluding tert-OH is 1. The van der Waals surface area contributed by atoms with Crippen LogP contribution in [0.3, 0.4) is 0 Å². The van der Waals surface area contributed by atoms with Crippen molar-refractivity contribution in [2.45, 2.75) is 6.10 Å². The highest BCUT2D eigenvalue weighted by molar-refractivity contribution is 5.87. The van der Waals surface area contributed by atoms with Gasteiger partial charge >= 0.3 is 0 Å². The maximum Gasteiger partial charge on any atom is 0.180 e. The highest BCUT2D eigenvalue weighted by Gasteiger charge is 2.22. The van der Waals surface area contributed by atoms with Crippen molar-refractivity contribution in [3.63, 3.8) is 0 Å². The lowest BCUT2D eigenvalue weighted by Crippen LogP contribution is -2.44. The number of aliphatic hydroxyl groups is 1. The Kier molecular flexibility index (Phi) is 6.21. The molecular formula is C25H27N7O3. The van der Waals surface area contributed by atoms with E-state index in [0.29, 0.717) is 47.3 Å². The van der Waals surface area contributed by atoms with Crippen LogP contribution in [0, 0.1) is 5.41 Å². The van der Waals surface area contributed by atoms with Gasteiger partial charge in [0.15, 0.2) is 11.5 Å². The Morgan fingerprint density at radius 1 is 1.31 bits per heavy atom. The number of nitrogens with one attached hydrogen (secondary N) is 2. The fraction of sp³-hybridized carbons (Fsp3) is 0.240. The second kappa shape index (κ2) is 9.61. The summed E-state index contributed by atoms with van der Waals surface area (Å²) >= 11 is 0. The summed E-state index contributed by atoms with van der Waals surface area (Å²) in [7, 11) is 1.64. The van der Waals surface area contributed by atoms with Gasteiger partial charge in [0, 0.05) is 66.5 Å². The second-order valence-electron chi connectivity index (χ2n) is 8.25. The number of fused-ring (bicyclic) bond motifs is 1. The van der Waals surface area contributed by atoms with Crippen LogP contribution in [0.4, 0.5) is 22.9 Å². The van der Waals surface area contributed by atoms with Crippen molar-refractivity contribution >= 4 is 34.7 Å². The van der Waals surface area contributed by atoms with E-state index in [1.54, 1.807) is 19.4 Å². The molecule has 5 rings (SSSR count). The standard InChI is InChI=1S/C25H27N7O3/c1-34-23-11-18(4-5-22(23)31-8-9-35-19(13-31)15-33)29-24-25-28-6-7-32(25)14-21(30-24)16-2-3-17(12-26)20(27)10-16/h2-7,10-12,14,19,26,33H,8-9,13,15,27H2,1H3,(H,29,30)/t19-/m0/s1. The van der Waals surface area contributed by atoms with Crippen molar-refractivity contribution < 1.29 is 14.6 Å². The van der Waals surface area contributed by atoms with E-state index in [4.69, 9.17) is 25.6 Å². The number of methoxy groups -OCH3 is 1. The average molecular weight is 474 g/mol. The Bertz CT molecular complexity index is 1370. The molecule has 2 aromatic heterocycles. The van der Waals surface area contributed by atoms with Crippen LogP contribution in [0.5, 0.6) is 5.75 Å². The van der Waals surface area contributed by atoms with Gasteiger partial charge in [-0.2, -0.15) is 0 Å². The van der Waals surface area contributed by atoms with Crippen LogP contribution in [-0.2, 0) is 4.74 Å². The highest BCUT2D eigenvalue weighted by atomic mass is 16.5. The SMILES string of the molecule is COc1cc(Nc2nc(-c3ccc(C=N)c(N)c3)cn3ccnc23)ccc1N1CCO[C@H](CO)C1. The van der Waals surface area contributed by atoms with Gasteiger partial charge in [0.1, 0.15) is 5.75 Å². The van der Waals surface area contributed by atoms with Gasteiger partial charge in [0.05, 0.1) is 37.8 Å². The molecule has 0 spiro atoms. The molecule has 1 aliphatic rings. The largest absolute Gasteiger partial charge is 0.495 e. The minimum atomic E-state index is -0.214. The van der Waals surface area contributed by atoms with Crippen LogP contribution in [0.2, 0.25) is 0 Å². The van der Waals surface area contributed by atoms with E-state index in [0.717, 1.165) is 23.5 Å². The number of hydrogen-bond donors (Lipinski definition) is 4. The lowest BCUT2D eigenvalue weighted by Gasteiger charge is -2.34. The first-order chi connectivity index (χ1) is 17.1. The molecule has 1 saturated heterocycles. The maximum atomic E-state index is 9.48. The quantitative estimate of drug-likeness (QED) is 0.238. The van der Waals surface area contributed by atoms with Gasteiger partial charge < -0.3 is 40.3 Å². The van der Waals surface area contributed by atoms with E-state index in [1.807, 2.05) is 47.1 Å². The van der Waals surface area contributed by atoms with Crippen LogP contribution in [-0.4, -0.2) is 65.2 Å². The van der Waals surface area contributed by atoms with E-state index in [1.165, 1.54) is 6.21 Å². The van der Waals surface area contributed by atoms with Gasteiger partial charge in [-0.15, -0.1) is 0 Å². The summed E-state index contributed by atoms with van der Waals surface area (Å²) in [5.74, 6) is 1.29. The lowest BCUT2D eigenvalue weighted by atomic mass is 10.1. The highest BCUT2D eigenvalue weighted by Crippen LogP contribution is 2.34. The predicted octanol–water partition coefficient (Wildman–Crippen LogP) is 2.93. The smallest absolute Gasteiger partial charge is 0.180 e. The Balaban J connectivity index is 1.48. The Morgan fingerprint density at radius 3 is 2.97 bits per heavy atom. The molecule has 3 heterocycles. The first kappa shape index (κ1) is 22.6. The molecule has 5 N–H and O–H groups in total. The molecule has 2 aromatic carbocycles. The average Bonchev–Trinajstić information content (AvgIpc) is 3.38. The number of nitrogen functional groups attached to an aromatic ring is 1. The van der Waals surface area contributed by atoms with Crippen molar-refractivity contribution in [3.8, 4) is 17.0 Å². The molecule has 0 saturated carbocycles. The van der Waals surface area contributed by atoms with Gasteiger partial charge in [-0.3, -0.25) is 0 Å². The minimum absolute atomic E-state index is 0.0173. The minimum Gasteiger partial charge on any atom is -0.495 e. The molecular weight excluding hydrogens is 446 g/mol. The molecule has 0 bridgehead atoms. The number of aromatic nitrogens is 3. The number of benzene rings is 2. The third kappa shape index (κ3) is 4.48. The molecule has 0 unspecified atom stereocenters. The molecule has 4 aromatic rings. The molecule has 1 aliphatic heterocycles. The summed E-state index contributed by atoms with van der Waals surface area (Å²) in [4.78, 5) is 11.4. The molecule has 10 nitrogen and oxygen atoms in total. The summed E-state index contributed by atoms with van der Waals surface area (Å²) < 4.78 is 13.2. The van der Waals surface area contributed by atoms with Crippen LogP contribution in [0.15, 0.2) is 55.0 Å². The van der Waals surface area contributed by atoms with E-state index < -0.39 is 0 Å². The van der Waals surface area contributed by atoms with Crippen molar-refractivity contribution in [1.29, 1.82) is 5.41 Å². The van der Waals surface area contributed by atoms with Gasteiger partial charge in [-0.05, 0) is 18.2 Å². The predicted molar refractivity (Wildman–Crippen MR) is 136 cm³/mol. The monoisotopic (exact) mass is 473 g/mol. The molecule has 10 heteroatoms. The van der Waals surface area contributed by atoms with E-state index in [-0.39, 0.29) is 12.7 Å². The number of imidazole rings is 1. The Labute approximate surface area is 202 Å². The summed E-state index contributed by atoms with van der Waals surface area (Å²) in [6.07, 6.45) is 6.50. The van der Waals surface area contributed by atoms with Crippen LogP contribution >= 0.6 is 0 Å². The summed E-state index contributed by atoms with van der Waals surface area (Å²) in [6, 6.07) is 11.4. The first-order valence-electron chi connectivity index (χ1n) is 11.3. The number of rotatable bonds is 7. The summed E-state index contributed by atoms with van der Waals surface area (Å²) in [6.45, 7) is 1.85. The number of anilines is 4. The number of ether oxygens (including phenoxy) is 2. The third-order valence-electron chi connectivity index (χ3n) is 6.04. The zero-order valence-corrected chi connectivity index (χ0v) is 19.3. The maximum absolute atomic E-state index is 9.48. The van der Waals surface area contributed by atoms with Gasteiger partial charge in [0.25, 0.3) is 0 Å². The third-order valence-corrected chi connectivity index (χ3v) is 6.04. The summed E-state index contributed by atoms with van der Waals surface area (Å²) in [5.41, 5.74) is 11.2.